The molecule has 0 bridgehead atoms. The number of nitrogens with one attached hydrogen (secondary N) is 1. The summed E-state index contributed by atoms with van der Waals surface area (Å²) in [6.45, 7) is 0.760. The summed E-state index contributed by atoms with van der Waals surface area (Å²) in [6.07, 6.45) is 4.91. The van der Waals surface area contributed by atoms with Crippen molar-refractivity contribution in [3.63, 3.8) is 0 Å². The Morgan fingerprint density at radius 1 is 1.24 bits per heavy atom. The molecule has 3 heterocycles. The maximum absolute atomic E-state index is 6.28. The van der Waals surface area contributed by atoms with E-state index in [0.29, 0.717) is 30.9 Å². The average Bonchev–Trinajstić information content (AvgIpc) is 3.03. The van der Waals surface area contributed by atoms with E-state index in [1.165, 1.54) is 0 Å². The van der Waals surface area contributed by atoms with Crippen molar-refractivity contribution in [1.82, 2.24) is 19.5 Å². The van der Waals surface area contributed by atoms with Crippen molar-refractivity contribution in [2.45, 2.75) is 25.5 Å². The Morgan fingerprint density at radius 2 is 2.12 bits per heavy atom. The van der Waals surface area contributed by atoms with Gasteiger partial charge >= 0.3 is 0 Å². The fourth-order valence-electron chi connectivity index (χ4n) is 2.86. The number of hydrogen-bond donors (Lipinski definition) is 1. The summed E-state index contributed by atoms with van der Waals surface area (Å²) in [5.74, 6) is 0.591. The van der Waals surface area contributed by atoms with Gasteiger partial charge < -0.3 is 10.1 Å². The predicted molar refractivity (Wildman–Crippen MR) is 107 cm³/mol. The lowest BCUT2D eigenvalue weighted by Gasteiger charge is -2.23. The van der Waals surface area contributed by atoms with Crippen molar-refractivity contribution in [1.29, 1.82) is 0 Å². The second kappa shape index (κ2) is 7.22. The Labute approximate surface area is 168 Å². The van der Waals surface area contributed by atoms with Crippen molar-refractivity contribution >= 4 is 68.5 Å². The number of ether oxygens (including phenoxy) is 1. The van der Waals surface area contributed by atoms with Crippen molar-refractivity contribution < 1.29 is 4.74 Å². The number of nitrogens with zero attached hydrogens (tertiary/aromatic N) is 4. The van der Waals surface area contributed by atoms with Crippen LogP contribution in [-0.4, -0.2) is 26.1 Å². The first-order chi connectivity index (χ1) is 12.1. The van der Waals surface area contributed by atoms with Crippen LogP contribution in [0.25, 0.3) is 11.2 Å². The lowest BCUT2D eigenvalue weighted by Crippen LogP contribution is -2.18. The number of rotatable bonds is 3. The average molecular weight is 490 g/mol. The third-order valence-corrected chi connectivity index (χ3v) is 5.37. The van der Waals surface area contributed by atoms with E-state index in [-0.39, 0.29) is 6.23 Å². The summed E-state index contributed by atoms with van der Waals surface area (Å²) < 4.78 is 8.45. The first kappa shape index (κ1) is 17.3. The minimum atomic E-state index is -0.0351. The molecular formula is C16H14Cl2IN5O. The highest BCUT2D eigenvalue weighted by Gasteiger charge is 2.21. The molecule has 1 unspecified atom stereocenters. The summed E-state index contributed by atoms with van der Waals surface area (Å²) in [6, 6.07) is 5.41. The number of hydrogen-bond acceptors (Lipinski definition) is 5. The molecule has 1 aliphatic heterocycles. The van der Waals surface area contributed by atoms with Crippen LogP contribution in [0.2, 0.25) is 10.0 Å². The Bertz CT molecular complexity index is 926. The second-order valence-electron chi connectivity index (χ2n) is 5.71. The van der Waals surface area contributed by atoms with Crippen molar-refractivity contribution in [3.8, 4) is 0 Å². The largest absolute Gasteiger partial charge is 0.358 e. The van der Waals surface area contributed by atoms with E-state index in [9.17, 15) is 0 Å². The number of aromatic nitrogens is 4. The fourth-order valence-corrected chi connectivity index (χ4v) is 3.68. The minimum absolute atomic E-state index is 0.0351. The molecule has 130 valence electrons. The van der Waals surface area contributed by atoms with Crippen LogP contribution in [0.15, 0.2) is 24.5 Å². The first-order valence-electron chi connectivity index (χ1n) is 7.86. The van der Waals surface area contributed by atoms with Crippen LogP contribution in [-0.2, 0) is 4.74 Å². The van der Waals surface area contributed by atoms with Crippen molar-refractivity contribution in [2.24, 2.45) is 0 Å². The molecule has 1 fully saturated rings. The molecule has 0 spiro atoms. The van der Waals surface area contributed by atoms with Gasteiger partial charge in [-0.1, -0.05) is 29.3 Å². The van der Waals surface area contributed by atoms with Crippen LogP contribution in [0.5, 0.6) is 0 Å². The number of benzene rings is 1. The maximum atomic E-state index is 6.28. The molecule has 1 aliphatic rings. The second-order valence-corrected chi connectivity index (χ2v) is 7.46. The Morgan fingerprint density at radius 3 is 2.92 bits per heavy atom. The summed E-state index contributed by atoms with van der Waals surface area (Å²) >= 11 is 14.5. The molecule has 9 heteroatoms. The molecule has 25 heavy (non-hydrogen) atoms. The van der Waals surface area contributed by atoms with Gasteiger partial charge in [0.25, 0.3) is 0 Å². The summed E-state index contributed by atoms with van der Waals surface area (Å²) in [5, 5.41) is 4.15. The van der Waals surface area contributed by atoms with Gasteiger partial charge in [-0.2, -0.15) is 0 Å². The van der Waals surface area contributed by atoms with Gasteiger partial charge in [0, 0.05) is 29.2 Å². The summed E-state index contributed by atoms with van der Waals surface area (Å²) in [7, 11) is 0. The SMILES string of the molecule is Clc1cccc(Nc2nc(I)nc3c2ncn3C2CCCCO2)c1Cl. The molecule has 0 saturated carbocycles. The number of anilines is 2. The zero-order valence-corrected chi connectivity index (χ0v) is 16.7. The molecule has 3 aromatic rings. The van der Waals surface area contributed by atoms with Gasteiger partial charge in [-0.3, -0.25) is 4.57 Å². The van der Waals surface area contributed by atoms with Crippen LogP contribution in [0.1, 0.15) is 25.5 Å². The van der Waals surface area contributed by atoms with E-state index in [2.05, 4.69) is 42.9 Å². The Balaban J connectivity index is 1.77. The van der Waals surface area contributed by atoms with E-state index in [1.807, 2.05) is 16.7 Å². The minimum Gasteiger partial charge on any atom is -0.358 e. The van der Waals surface area contributed by atoms with E-state index >= 15 is 0 Å². The fraction of sp³-hybridized carbons (Fsp3) is 0.312. The molecule has 1 atom stereocenters. The summed E-state index contributed by atoms with van der Waals surface area (Å²) in [5.41, 5.74) is 2.09. The van der Waals surface area contributed by atoms with E-state index in [0.717, 1.165) is 31.5 Å². The summed E-state index contributed by atoms with van der Waals surface area (Å²) in [4.78, 5) is 13.5. The van der Waals surface area contributed by atoms with Crippen LogP contribution < -0.4 is 5.32 Å². The van der Waals surface area contributed by atoms with Gasteiger partial charge in [0.05, 0.1) is 22.1 Å². The van der Waals surface area contributed by atoms with Gasteiger partial charge in [-0.05, 0) is 31.4 Å². The van der Waals surface area contributed by atoms with Crippen LogP contribution in [0.3, 0.4) is 0 Å². The van der Waals surface area contributed by atoms with Crippen LogP contribution in [0, 0.1) is 3.83 Å². The molecule has 1 saturated heterocycles. The standard InChI is InChI=1S/C16H14Cl2IN5O/c17-9-4-3-5-10(12(9)18)21-14-13-15(23-16(19)22-14)24(8-20-13)11-6-1-2-7-25-11/h3-5,8,11H,1-2,6-7H2,(H,21,22,23). The lowest BCUT2D eigenvalue weighted by molar-refractivity contribution is -0.0298. The highest BCUT2D eigenvalue weighted by Crippen LogP contribution is 2.34. The van der Waals surface area contributed by atoms with Crippen molar-refractivity contribution in [2.75, 3.05) is 11.9 Å². The molecule has 2 aromatic heterocycles. The highest BCUT2D eigenvalue weighted by atomic mass is 127. The topological polar surface area (TPSA) is 64.9 Å². The molecule has 1 aromatic carbocycles. The lowest BCUT2D eigenvalue weighted by atomic mass is 10.2. The molecule has 0 amide bonds. The van der Waals surface area contributed by atoms with E-state index < -0.39 is 0 Å². The zero-order valence-electron chi connectivity index (χ0n) is 13.0. The third kappa shape index (κ3) is 3.42. The Hall–Kier alpha value is -1.16. The monoisotopic (exact) mass is 489 g/mol. The smallest absolute Gasteiger partial charge is 0.194 e. The molecule has 0 aliphatic carbocycles. The zero-order chi connectivity index (χ0) is 17.4. The molecule has 1 N–H and O–H groups in total. The third-order valence-electron chi connectivity index (χ3n) is 4.06. The molecule has 6 nitrogen and oxygen atoms in total. The maximum Gasteiger partial charge on any atom is 0.194 e. The highest BCUT2D eigenvalue weighted by molar-refractivity contribution is 14.1. The van der Waals surface area contributed by atoms with E-state index in [1.54, 1.807) is 12.4 Å². The number of imidazole rings is 1. The predicted octanol–water partition coefficient (Wildman–Crippen LogP) is 5.18. The van der Waals surface area contributed by atoms with Crippen molar-refractivity contribution in [3.05, 3.63) is 38.4 Å². The normalized spacial score (nSPS) is 17.8. The first-order valence-corrected chi connectivity index (χ1v) is 9.69. The molecule has 0 radical (unpaired) electrons. The van der Waals surface area contributed by atoms with Gasteiger partial charge in [-0.15, -0.1) is 0 Å². The quantitative estimate of drug-likeness (QED) is 0.405. The van der Waals surface area contributed by atoms with Crippen LogP contribution in [0.4, 0.5) is 11.5 Å². The molecule has 4 rings (SSSR count). The van der Waals surface area contributed by atoms with E-state index in [4.69, 9.17) is 27.9 Å². The number of fused-ring (bicyclic) bond motifs is 1. The van der Waals surface area contributed by atoms with Gasteiger partial charge in [-0.25, -0.2) is 15.0 Å². The molecular weight excluding hydrogens is 476 g/mol. The van der Waals surface area contributed by atoms with Crippen LogP contribution >= 0.6 is 45.8 Å². The Kier molecular flexibility index (Phi) is 4.99. The number of halogens is 3. The van der Waals surface area contributed by atoms with Gasteiger partial charge in [0.1, 0.15) is 6.23 Å². The van der Waals surface area contributed by atoms with Gasteiger partial charge in [0.15, 0.2) is 20.8 Å². The van der Waals surface area contributed by atoms with Gasteiger partial charge in [0.2, 0.25) is 0 Å².